The van der Waals surface area contributed by atoms with Crippen molar-refractivity contribution in [3.63, 3.8) is 0 Å². The zero-order valence-corrected chi connectivity index (χ0v) is 6.95. The summed E-state index contributed by atoms with van der Waals surface area (Å²) in [5.74, 6) is 2.13. The average molecular weight is 175 g/mol. The van der Waals surface area contributed by atoms with Crippen molar-refractivity contribution in [3.05, 3.63) is 35.9 Å². The fourth-order valence-corrected chi connectivity index (χ4v) is 0.856. The Morgan fingerprint density at radius 1 is 1.38 bits per heavy atom. The molecule has 66 valence electrons. The van der Waals surface area contributed by atoms with Crippen molar-refractivity contribution in [2.45, 2.75) is 0 Å². The minimum Gasteiger partial charge on any atom is -0.462 e. The third kappa shape index (κ3) is 2.88. The minimum atomic E-state index is -0.191. The zero-order valence-electron chi connectivity index (χ0n) is 6.95. The van der Waals surface area contributed by atoms with Crippen molar-refractivity contribution < 1.29 is 9.90 Å². The van der Waals surface area contributed by atoms with E-state index in [2.05, 4.69) is 11.2 Å². The number of carbonyl (C=O) groups is 1. The fraction of sp³-hybridized carbons (Fsp3) is 0.100. The van der Waals surface area contributed by atoms with Crippen LogP contribution in [0.2, 0.25) is 0 Å². The highest BCUT2D eigenvalue weighted by molar-refractivity contribution is 5.94. The second-order valence-corrected chi connectivity index (χ2v) is 2.34. The smallest absolute Gasteiger partial charge is 0.252 e. The maximum atomic E-state index is 11.3. The van der Waals surface area contributed by atoms with Crippen LogP contribution in [0.15, 0.2) is 30.3 Å². The van der Waals surface area contributed by atoms with Gasteiger partial charge < -0.3 is 10.4 Å². The number of rotatable bonds is 2. The van der Waals surface area contributed by atoms with Gasteiger partial charge in [-0.05, 0) is 18.1 Å². The van der Waals surface area contributed by atoms with E-state index in [1.165, 1.54) is 0 Å². The summed E-state index contributed by atoms with van der Waals surface area (Å²) in [6.07, 6.45) is 1.71. The lowest BCUT2D eigenvalue weighted by molar-refractivity contribution is 0.0958. The largest absolute Gasteiger partial charge is 0.462 e. The molecule has 1 rings (SSSR count). The number of benzene rings is 1. The highest BCUT2D eigenvalue weighted by atomic mass is 16.2. The maximum absolute atomic E-state index is 11.3. The molecule has 0 heterocycles. The first-order chi connectivity index (χ1) is 6.34. The number of aliphatic hydroxyl groups excluding tert-OH is 1. The molecule has 1 aromatic rings. The molecular weight excluding hydrogens is 166 g/mol. The summed E-state index contributed by atoms with van der Waals surface area (Å²) in [6, 6.07) is 8.83. The van der Waals surface area contributed by atoms with Gasteiger partial charge in [0, 0.05) is 5.56 Å². The molecule has 0 radical (unpaired) electrons. The number of amides is 1. The summed E-state index contributed by atoms with van der Waals surface area (Å²) in [7, 11) is 0. The first-order valence-corrected chi connectivity index (χ1v) is 3.80. The number of carbonyl (C=O) groups excluding carboxylic acids is 1. The molecule has 1 aromatic carbocycles. The van der Waals surface area contributed by atoms with Gasteiger partial charge in [-0.3, -0.25) is 4.79 Å². The fourth-order valence-electron chi connectivity index (χ4n) is 0.856. The van der Waals surface area contributed by atoms with Gasteiger partial charge in [0.15, 0.2) is 0 Å². The Morgan fingerprint density at radius 2 is 2.08 bits per heavy atom. The first kappa shape index (κ1) is 9.14. The van der Waals surface area contributed by atoms with E-state index < -0.39 is 0 Å². The van der Waals surface area contributed by atoms with Gasteiger partial charge in [0.2, 0.25) is 0 Å². The monoisotopic (exact) mass is 175 g/mol. The molecule has 13 heavy (non-hydrogen) atoms. The van der Waals surface area contributed by atoms with Crippen LogP contribution in [-0.2, 0) is 0 Å². The molecule has 0 spiro atoms. The van der Waals surface area contributed by atoms with Gasteiger partial charge >= 0.3 is 0 Å². The van der Waals surface area contributed by atoms with E-state index in [0.29, 0.717) is 5.56 Å². The molecule has 0 unspecified atom stereocenters. The van der Waals surface area contributed by atoms with E-state index in [0.717, 1.165) is 0 Å². The molecule has 0 saturated carbocycles. The van der Waals surface area contributed by atoms with E-state index in [1.807, 2.05) is 6.07 Å². The quantitative estimate of drug-likeness (QED) is 0.651. The molecule has 0 aliphatic carbocycles. The molecule has 3 nitrogen and oxygen atoms in total. The van der Waals surface area contributed by atoms with Crippen LogP contribution in [0.25, 0.3) is 0 Å². The van der Waals surface area contributed by atoms with Crippen molar-refractivity contribution >= 4 is 5.91 Å². The van der Waals surface area contributed by atoms with Gasteiger partial charge in [0.25, 0.3) is 5.91 Å². The standard InChI is InChI=1S/C10H9NO2/c12-8-4-7-11-10(13)9-5-2-1-3-6-9/h1-3,5-6,12H,7H2,(H,11,13). The van der Waals surface area contributed by atoms with Crippen LogP contribution in [0.3, 0.4) is 0 Å². The van der Waals surface area contributed by atoms with Crippen LogP contribution in [0, 0.1) is 12.0 Å². The maximum Gasteiger partial charge on any atom is 0.252 e. The highest BCUT2D eigenvalue weighted by Crippen LogP contribution is 1.96. The molecule has 1 amide bonds. The van der Waals surface area contributed by atoms with Gasteiger partial charge in [0.05, 0.1) is 6.54 Å². The lowest BCUT2D eigenvalue weighted by atomic mass is 10.2. The Bertz CT molecular complexity index is 335. The Kier molecular flexibility index (Phi) is 3.40. The van der Waals surface area contributed by atoms with Gasteiger partial charge in [-0.15, -0.1) is 0 Å². The Hall–Kier alpha value is -1.95. The molecule has 3 heteroatoms. The lowest BCUT2D eigenvalue weighted by Crippen LogP contribution is -2.23. The second-order valence-electron chi connectivity index (χ2n) is 2.34. The van der Waals surface area contributed by atoms with E-state index in [9.17, 15) is 4.79 Å². The summed E-state index contributed by atoms with van der Waals surface area (Å²) >= 11 is 0. The van der Waals surface area contributed by atoms with E-state index in [1.54, 1.807) is 30.4 Å². The molecule has 0 atom stereocenters. The van der Waals surface area contributed by atoms with Crippen LogP contribution >= 0.6 is 0 Å². The van der Waals surface area contributed by atoms with Crippen LogP contribution in [-0.4, -0.2) is 17.6 Å². The van der Waals surface area contributed by atoms with Crippen LogP contribution in [0.1, 0.15) is 10.4 Å². The first-order valence-electron chi connectivity index (χ1n) is 3.80. The Balaban J connectivity index is 2.53. The SMILES string of the molecule is O=C(NCC#CO)c1ccccc1. The molecular formula is C10H9NO2. The molecule has 0 bridgehead atoms. The number of nitrogens with one attached hydrogen (secondary N) is 1. The summed E-state index contributed by atoms with van der Waals surface area (Å²) in [5, 5.41) is 10.7. The summed E-state index contributed by atoms with van der Waals surface area (Å²) in [4.78, 5) is 11.3. The van der Waals surface area contributed by atoms with Crippen molar-refractivity contribution in [3.8, 4) is 12.0 Å². The van der Waals surface area contributed by atoms with Crippen LogP contribution < -0.4 is 5.32 Å². The third-order valence-electron chi connectivity index (χ3n) is 1.45. The van der Waals surface area contributed by atoms with E-state index in [4.69, 9.17) is 5.11 Å². The zero-order chi connectivity index (χ0) is 9.52. The molecule has 2 N–H and O–H groups in total. The molecule has 0 aliphatic heterocycles. The second kappa shape index (κ2) is 4.83. The number of hydrogen-bond acceptors (Lipinski definition) is 2. The Labute approximate surface area is 76.4 Å². The van der Waals surface area contributed by atoms with Crippen LogP contribution in [0.4, 0.5) is 0 Å². The normalized spacial score (nSPS) is 8.31. The van der Waals surface area contributed by atoms with Crippen molar-refractivity contribution in [1.82, 2.24) is 5.32 Å². The number of aliphatic hydroxyl groups is 1. The van der Waals surface area contributed by atoms with E-state index >= 15 is 0 Å². The van der Waals surface area contributed by atoms with E-state index in [-0.39, 0.29) is 12.5 Å². The van der Waals surface area contributed by atoms with Crippen molar-refractivity contribution in [2.24, 2.45) is 0 Å². The molecule has 0 aromatic heterocycles. The summed E-state index contributed by atoms with van der Waals surface area (Å²) in [6.45, 7) is 0.157. The lowest BCUT2D eigenvalue weighted by Gasteiger charge is -1.99. The average Bonchev–Trinajstić information content (AvgIpc) is 2.19. The minimum absolute atomic E-state index is 0.157. The molecule has 0 fully saturated rings. The topological polar surface area (TPSA) is 49.3 Å². The summed E-state index contributed by atoms with van der Waals surface area (Å²) in [5.41, 5.74) is 0.585. The van der Waals surface area contributed by atoms with Gasteiger partial charge in [0.1, 0.15) is 6.11 Å². The van der Waals surface area contributed by atoms with Gasteiger partial charge in [-0.2, -0.15) is 0 Å². The third-order valence-corrected chi connectivity index (χ3v) is 1.45. The van der Waals surface area contributed by atoms with Gasteiger partial charge in [-0.25, -0.2) is 0 Å². The summed E-state index contributed by atoms with van der Waals surface area (Å²) < 4.78 is 0. The highest BCUT2D eigenvalue weighted by Gasteiger charge is 2.00. The van der Waals surface area contributed by atoms with Crippen molar-refractivity contribution in [2.75, 3.05) is 6.54 Å². The predicted octanol–water partition coefficient (Wildman–Crippen LogP) is 0.750. The van der Waals surface area contributed by atoms with Crippen LogP contribution in [0.5, 0.6) is 0 Å². The molecule has 0 aliphatic rings. The predicted molar refractivity (Wildman–Crippen MR) is 48.5 cm³/mol. The van der Waals surface area contributed by atoms with Crippen molar-refractivity contribution in [1.29, 1.82) is 0 Å². The Morgan fingerprint density at radius 3 is 2.69 bits per heavy atom. The van der Waals surface area contributed by atoms with Gasteiger partial charge in [-0.1, -0.05) is 18.2 Å². The number of hydrogen-bond donors (Lipinski definition) is 2. The molecule has 0 saturated heterocycles.